The van der Waals surface area contributed by atoms with Crippen LogP contribution in [-0.4, -0.2) is 61.0 Å². The van der Waals surface area contributed by atoms with Crippen molar-refractivity contribution in [2.45, 2.75) is 32.5 Å². The molecule has 8 heteroatoms. The zero-order chi connectivity index (χ0) is 29.2. The van der Waals surface area contributed by atoms with E-state index in [1.54, 1.807) is 18.9 Å². The molecule has 214 valence electrons. The standard InChI is InChI=1S/C34H36N2O4S.Li.H/c1-24-9-7-8-12-29(24)31-21-26(13-18-30(31)33(37)35-32(34(38)39)19-20-41-3)23-36(22-25-10-5-4-6-11-25)27-14-16-28(40-2)17-15-27;;/h4-18,21,32H,19-20,22-23H2,1-3H3,(H,35,37)(H,38,39);;. The second-order valence-electron chi connectivity index (χ2n) is 9.88. The number of benzene rings is 4. The molecule has 0 aliphatic heterocycles. The number of carbonyl (C=O) groups excluding carboxylic acids is 1. The van der Waals surface area contributed by atoms with Gasteiger partial charge in [-0.2, -0.15) is 11.8 Å². The van der Waals surface area contributed by atoms with Gasteiger partial charge in [-0.25, -0.2) is 4.79 Å². The maximum absolute atomic E-state index is 13.5. The Kier molecular flexibility index (Phi) is 12.6. The molecule has 42 heavy (non-hydrogen) atoms. The average molecular weight is 577 g/mol. The third-order valence-electron chi connectivity index (χ3n) is 7.01. The quantitative estimate of drug-likeness (QED) is 0.186. The van der Waals surface area contributed by atoms with Crippen LogP contribution in [-0.2, 0) is 17.9 Å². The van der Waals surface area contributed by atoms with Crippen molar-refractivity contribution in [3.05, 3.63) is 119 Å². The number of carboxylic acid groups (broad SMARTS) is 1. The molecule has 0 spiro atoms. The third-order valence-corrected chi connectivity index (χ3v) is 7.65. The van der Waals surface area contributed by atoms with E-state index in [4.69, 9.17) is 4.74 Å². The molecule has 0 aromatic heterocycles. The van der Waals surface area contributed by atoms with Gasteiger partial charge in [0, 0.05) is 24.3 Å². The minimum atomic E-state index is -1.03. The number of ether oxygens (including phenoxy) is 1. The molecule has 1 amide bonds. The van der Waals surface area contributed by atoms with Gasteiger partial charge in [-0.05, 0) is 89.6 Å². The normalized spacial score (nSPS) is 11.2. The van der Waals surface area contributed by atoms with Crippen molar-refractivity contribution < 1.29 is 19.4 Å². The summed E-state index contributed by atoms with van der Waals surface area (Å²) in [6, 6.07) is 31.1. The molecule has 4 rings (SSSR count). The predicted octanol–water partition coefficient (Wildman–Crippen LogP) is 6.17. The number of aliphatic carboxylic acids is 1. The Bertz CT molecular complexity index is 1460. The number of hydrogen-bond donors (Lipinski definition) is 2. The zero-order valence-electron chi connectivity index (χ0n) is 23.7. The summed E-state index contributed by atoms with van der Waals surface area (Å²) in [4.78, 5) is 27.6. The van der Waals surface area contributed by atoms with Gasteiger partial charge in [0.1, 0.15) is 11.8 Å². The summed E-state index contributed by atoms with van der Waals surface area (Å²) < 4.78 is 5.37. The summed E-state index contributed by atoms with van der Waals surface area (Å²) in [5, 5.41) is 12.4. The number of thioether (sulfide) groups is 1. The van der Waals surface area contributed by atoms with Crippen molar-refractivity contribution in [3.8, 4) is 16.9 Å². The van der Waals surface area contributed by atoms with Crippen LogP contribution in [0.15, 0.2) is 97.1 Å². The Morgan fingerprint density at radius 3 is 2.19 bits per heavy atom. The summed E-state index contributed by atoms with van der Waals surface area (Å²) in [6.45, 7) is 3.32. The molecule has 6 nitrogen and oxygen atoms in total. The Morgan fingerprint density at radius 2 is 1.55 bits per heavy atom. The van der Waals surface area contributed by atoms with Crippen LogP contribution in [0.5, 0.6) is 5.75 Å². The van der Waals surface area contributed by atoms with Crippen LogP contribution < -0.4 is 15.0 Å². The minimum absolute atomic E-state index is 0. The Balaban J connectivity index is 0.00000484. The van der Waals surface area contributed by atoms with Gasteiger partial charge in [0.15, 0.2) is 0 Å². The van der Waals surface area contributed by atoms with Crippen LogP contribution in [0.4, 0.5) is 5.69 Å². The van der Waals surface area contributed by atoms with Crippen molar-refractivity contribution in [1.82, 2.24) is 5.32 Å². The third kappa shape index (κ3) is 8.69. The second kappa shape index (κ2) is 16.1. The number of carboxylic acids is 1. The number of aryl methyl sites for hydroxylation is 1. The molecule has 2 N–H and O–H groups in total. The van der Waals surface area contributed by atoms with E-state index in [0.717, 1.165) is 33.7 Å². The topological polar surface area (TPSA) is 78.9 Å². The van der Waals surface area contributed by atoms with Gasteiger partial charge in [-0.15, -0.1) is 0 Å². The van der Waals surface area contributed by atoms with E-state index in [2.05, 4.69) is 28.4 Å². The average Bonchev–Trinajstić information content (AvgIpc) is 2.99. The number of methoxy groups -OCH3 is 1. The summed E-state index contributed by atoms with van der Waals surface area (Å²) >= 11 is 1.55. The number of nitrogens with one attached hydrogen (secondary N) is 1. The van der Waals surface area contributed by atoms with Crippen molar-refractivity contribution in [2.24, 2.45) is 0 Å². The first-order valence-electron chi connectivity index (χ1n) is 13.5. The molecule has 0 bridgehead atoms. The monoisotopic (exact) mass is 576 g/mol. The molecule has 0 saturated heterocycles. The Morgan fingerprint density at radius 1 is 0.881 bits per heavy atom. The van der Waals surface area contributed by atoms with Crippen molar-refractivity contribution in [3.63, 3.8) is 0 Å². The Labute approximate surface area is 264 Å². The van der Waals surface area contributed by atoms with Gasteiger partial charge < -0.3 is 20.1 Å². The fourth-order valence-electron chi connectivity index (χ4n) is 4.77. The van der Waals surface area contributed by atoms with Gasteiger partial charge >= 0.3 is 24.8 Å². The maximum atomic E-state index is 13.5. The molecular formula is C34H37LiN2O4S. The van der Waals surface area contributed by atoms with Crippen LogP contribution in [0.1, 0.15) is 33.5 Å². The molecule has 0 fully saturated rings. The number of amides is 1. The van der Waals surface area contributed by atoms with Crippen LogP contribution in [0.25, 0.3) is 11.1 Å². The molecule has 4 aromatic carbocycles. The predicted molar refractivity (Wildman–Crippen MR) is 175 cm³/mol. The second-order valence-corrected chi connectivity index (χ2v) is 10.9. The van der Waals surface area contributed by atoms with Gasteiger partial charge in [0.2, 0.25) is 0 Å². The summed E-state index contributed by atoms with van der Waals surface area (Å²) in [5.74, 6) is 0.0172. The van der Waals surface area contributed by atoms with E-state index in [-0.39, 0.29) is 24.8 Å². The van der Waals surface area contributed by atoms with E-state index < -0.39 is 12.0 Å². The van der Waals surface area contributed by atoms with Gasteiger partial charge in [-0.1, -0.05) is 60.7 Å². The van der Waals surface area contributed by atoms with Crippen molar-refractivity contribution >= 4 is 48.2 Å². The van der Waals surface area contributed by atoms with Crippen LogP contribution in [0.2, 0.25) is 0 Å². The fourth-order valence-corrected chi connectivity index (χ4v) is 5.24. The van der Waals surface area contributed by atoms with Gasteiger partial charge in [-0.3, -0.25) is 4.79 Å². The number of anilines is 1. The Hall–Kier alpha value is -3.63. The van der Waals surface area contributed by atoms with E-state index in [1.165, 1.54) is 5.56 Å². The zero-order valence-corrected chi connectivity index (χ0v) is 24.5. The molecule has 0 heterocycles. The van der Waals surface area contributed by atoms with Gasteiger partial charge in [0.25, 0.3) is 5.91 Å². The molecule has 4 aromatic rings. The molecule has 1 unspecified atom stereocenters. The molecule has 0 aliphatic rings. The summed E-state index contributed by atoms with van der Waals surface area (Å²) in [6.07, 6.45) is 2.28. The van der Waals surface area contributed by atoms with Gasteiger partial charge in [0.05, 0.1) is 7.11 Å². The number of hydrogen-bond acceptors (Lipinski definition) is 5. The number of nitrogens with zero attached hydrogens (tertiary/aromatic N) is 1. The van der Waals surface area contributed by atoms with E-state index in [9.17, 15) is 14.7 Å². The van der Waals surface area contributed by atoms with Crippen molar-refractivity contribution in [1.29, 1.82) is 0 Å². The van der Waals surface area contributed by atoms with Crippen LogP contribution >= 0.6 is 11.8 Å². The van der Waals surface area contributed by atoms with Crippen LogP contribution in [0.3, 0.4) is 0 Å². The SMILES string of the molecule is COc1ccc(N(Cc2ccccc2)Cc2ccc(C(=O)NC(CCSC)C(=O)O)c(-c3ccccc3C)c2)cc1.[LiH]. The first-order chi connectivity index (χ1) is 19.9. The first-order valence-corrected chi connectivity index (χ1v) is 14.9. The summed E-state index contributed by atoms with van der Waals surface area (Å²) in [5.41, 5.74) is 6.47. The number of carbonyl (C=O) groups is 2. The molecular weight excluding hydrogens is 539 g/mol. The van der Waals surface area contributed by atoms with E-state index in [0.29, 0.717) is 30.8 Å². The number of rotatable bonds is 13. The van der Waals surface area contributed by atoms with Crippen LogP contribution in [0, 0.1) is 6.92 Å². The molecule has 0 radical (unpaired) electrons. The first kappa shape index (κ1) is 32.9. The molecule has 1 atom stereocenters. The van der Waals surface area contributed by atoms with E-state index in [1.807, 2.05) is 92.0 Å². The molecule has 0 saturated carbocycles. The molecule has 0 aliphatic carbocycles. The van der Waals surface area contributed by atoms with Crippen molar-refractivity contribution in [2.75, 3.05) is 24.0 Å². The fraction of sp³-hybridized carbons (Fsp3) is 0.235. The summed E-state index contributed by atoms with van der Waals surface area (Å²) in [7, 11) is 1.66. The van der Waals surface area contributed by atoms with E-state index >= 15 is 0 Å².